The van der Waals surface area contributed by atoms with Gasteiger partial charge in [-0.1, -0.05) is 127 Å². The van der Waals surface area contributed by atoms with Crippen LogP contribution in [0.3, 0.4) is 0 Å². The molecular weight excluding hydrogens is 546 g/mol. The Balaban J connectivity index is 1.20. The molecule has 45 heavy (non-hydrogen) atoms. The van der Waals surface area contributed by atoms with Crippen LogP contribution in [-0.4, -0.2) is 10.3 Å². The molecule has 0 bridgehead atoms. The predicted molar refractivity (Wildman–Crippen MR) is 189 cm³/mol. The Morgan fingerprint density at radius 3 is 2.00 bits per heavy atom. The van der Waals surface area contributed by atoms with Crippen molar-refractivity contribution in [2.45, 2.75) is 6.17 Å². The third-order valence-electron chi connectivity index (χ3n) is 8.97. The second kappa shape index (κ2) is 10.4. The highest BCUT2D eigenvalue weighted by Crippen LogP contribution is 2.37. The number of hydrogen-bond donors (Lipinski definition) is 1. The largest absolute Gasteiger partial charge is 0.360 e. The van der Waals surface area contributed by atoms with Crippen LogP contribution in [0.4, 0.5) is 0 Å². The van der Waals surface area contributed by atoms with Crippen LogP contribution in [0.2, 0.25) is 0 Å². The van der Waals surface area contributed by atoms with Crippen LogP contribution in [0.25, 0.3) is 54.7 Å². The van der Waals surface area contributed by atoms with Gasteiger partial charge in [0.1, 0.15) is 6.17 Å². The molecule has 0 aliphatic carbocycles. The van der Waals surface area contributed by atoms with Crippen LogP contribution in [-0.2, 0) is 0 Å². The van der Waals surface area contributed by atoms with Gasteiger partial charge in [0.15, 0.2) is 0 Å². The number of nitrogens with one attached hydrogen (secondary N) is 1. The molecule has 0 radical (unpaired) electrons. The Kier molecular flexibility index (Phi) is 5.88. The van der Waals surface area contributed by atoms with E-state index in [0.717, 1.165) is 28.1 Å². The SMILES string of the molecule is C1=C(c2ccccc2)NC(c2ccc3c(-n4c5ccccc5c5cc6ccccc6cc54)cccc3c2)N=C1c1ccccc1. The van der Waals surface area contributed by atoms with E-state index in [1.807, 2.05) is 6.07 Å². The monoisotopic (exact) mass is 575 g/mol. The van der Waals surface area contributed by atoms with Crippen LogP contribution in [0, 0.1) is 0 Å². The molecular formula is C42H29N3. The van der Waals surface area contributed by atoms with E-state index in [4.69, 9.17) is 4.99 Å². The van der Waals surface area contributed by atoms with Gasteiger partial charge in [0, 0.05) is 21.9 Å². The highest BCUT2D eigenvalue weighted by Gasteiger charge is 2.21. The Bertz CT molecular complexity index is 2450. The van der Waals surface area contributed by atoms with Crippen LogP contribution >= 0.6 is 0 Å². The number of para-hydroxylation sites is 1. The fourth-order valence-electron chi connectivity index (χ4n) is 6.81. The number of fused-ring (bicyclic) bond motifs is 5. The molecule has 1 unspecified atom stereocenters. The second-order valence-electron chi connectivity index (χ2n) is 11.7. The molecule has 8 aromatic rings. The zero-order valence-corrected chi connectivity index (χ0v) is 24.6. The van der Waals surface area contributed by atoms with Crippen molar-refractivity contribution in [1.29, 1.82) is 0 Å². The number of benzene rings is 7. The molecule has 0 saturated heterocycles. The number of allylic oxidation sites excluding steroid dienone is 1. The van der Waals surface area contributed by atoms with Gasteiger partial charge in [-0.2, -0.15) is 0 Å². The lowest BCUT2D eigenvalue weighted by Crippen LogP contribution is -2.24. The van der Waals surface area contributed by atoms with E-state index >= 15 is 0 Å². The van der Waals surface area contributed by atoms with E-state index in [2.05, 4.69) is 168 Å². The first-order valence-corrected chi connectivity index (χ1v) is 15.4. The second-order valence-corrected chi connectivity index (χ2v) is 11.7. The predicted octanol–water partition coefficient (Wildman–Crippen LogP) is 10.2. The van der Waals surface area contributed by atoms with E-state index in [-0.39, 0.29) is 6.17 Å². The molecule has 0 spiro atoms. The molecule has 3 nitrogen and oxygen atoms in total. The van der Waals surface area contributed by atoms with Gasteiger partial charge < -0.3 is 9.88 Å². The maximum atomic E-state index is 5.21. The van der Waals surface area contributed by atoms with Crippen LogP contribution in [0.5, 0.6) is 0 Å². The third kappa shape index (κ3) is 4.32. The fourth-order valence-corrected chi connectivity index (χ4v) is 6.81. The summed E-state index contributed by atoms with van der Waals surface area (Å²) in [5, 5.41) is 11.2. The summed E-state index contributed by atoms with van der Waals surface area (Å²) in [6.07, 6.45) is 1.94. The van der Waals surface area contributed by atoms with Gasteiger partial charge >= 0.3 is 0 Å². The van der Waals surface area contributed by atoms with Crippen molar-refractivity contribution in [3.05, 3.63) is 180 Å². The first kappa shape index (κ1) is 25.6. The Hall–Kier alpha value is -5.93. The van der Waals surface area contributed by atoms with Crippen molar-refractivity contribution in [2.24, 2.45) is 4.99 Å². The van der Waals surface area contributed by atoms with E-state index in [9.17, 15) is 0 Å². The van der Waals surface area contributed by atoms with E-state index in [0.29, 0.717) is 0 Å². The van der Waals surface area contributed by atoms with E-state index in [1.165, 1.54) is 49.0 Å². The number of hydrogen-bond acceptors (Lipinski definition) is 2. The summed E-state index contributed by atoms with van der Waals surface area (Å²) in [5.41, 5.74) is 9.04. The van der Waals surface area contributed by atoms with Crippen LogP contribution in [0.1, 0.15) is 22.9 Å². The summed E-state index contributed by atoms with van der Waals surface area (Å²) in [4.78, 5) is 5.21. The minimum absolute atomic E-state index is 0.215. The number of rotatable bonds is 4. The lowest BCUT2D eigenvalue weighted by atomic mass is 10.00. The van der Waals surface area contributed by atoms with Gasteiger partial charge in [0.05, 0.1) is 22.4 Å². The molecule has 9 rings (SSSR count). The van der Waals surface area contributed by atoms with Crippen molar-refractivity contribution in [3.8, 4) is 5.69 Å². The minimum atomic E-state index is -0.215. The number of aromatic nitrogens is 1. The molecule has 212 valence electrons. The molecule has 3 heteroatoms. The lowest BCUT2D eigenvalue weighted by Gasteiger charge is -2.25. The van der Waals surface area contributed by atoms with Gasteiger partial charge in [-0.25, -0.2) is 0 Å². The van der Waals surface area contributed by atoms with Crippen molar-refractivity contribution in [1.82, 2.24) is 9.88 Å². The van der Waals surface area contributed by atoms with Crippen molar-refractivity contribution < 1.29 is 0 Å². The molecule has 0 fully saturated rings. The maximum absolute atomic E-state index is 5.21. The van der Waals surface area contributed by atoms with Gasteiger partial charge in [-0.05, 0) is 69.3 Å². The summed E-state index contributed by atoms with van der Waals surface area (Å²) in [5.74, 6) is 0. The van der Waals surface area contributed by atoms with E-state index < -0.39 is 0 Å². The molecule has 1 aliphatic rings. The first-order valence-electron chi connectivity index (χ1n) is 15.4. The minimum Gasteiger partial charge on any atom is -0.360 e. The quantitative estimate of drug-likeness (QED) is 0.222. The highest BCUT2D eigenvalue weighted by atomic mass is 15.1. The standard InChI is InChI=1S/C42H29N3/c1-3-12-28(13-4-1)37-27-38(29-14-5-2-6-15-29)44-42(43-37)33-22-23-34-32(24-33)18-11-21-39(34)45-40-20-10-9-19-35(40)36-25-30-16-7-8-17-31(30)26-41(36)45/h1-27,42-43H. The van der Waals surface area contributed by atoms with Gasteiger partial charge in [0.25, 0.3) is 0 Å². The Morgan fingerprint density at radius 1 is 0.489 bits per heavy atom. The van der Waals surface area contributed by atoms with Crippen molar-refractivity contribution >= 4 is 54.8 Å². The maximum Gasteiger partial charge on any atom is 0.145 e. The van der Waals surface area contributed by atoms with Crippen molar-refractivity contribution in [2.75, 3.05) is 0 Å². The molecule has 2 heterocycles. The summed E-state index contributed by atoms with van der Waals surface area (Å²) >= 11 is 0. The summed E-state index contributed by atoms with van der Waals surface area (Å²) < 4.78 is 2.43. The fraction of sp³-hybridized carbons (Fsp3) is 0.0238. The summed E-state index contributed by atoms with van der Waals surface area (Å²) in [6, 6.07) is 56.4. The van der Waals surface area contributed by atoms with Crippen LogP contribution < -0.4 is 5.32 Å². The van der Waals surface area contributed by atoms with Gasteiger partial charge in [-0.3, -0.25) is 4.99 Å². The summed E-state index contributed by atoms with van der Waals surface area (Å²) in [7, 11) is 0. The molecule has 1 aromatic heterocycles. The van der Waals surface area contributed by atoms with Crippen molar-refractivity contribution in [3.63, 3.8) is 0 Å². The Labute approximate surface area is 261 Å². The topological polar surface area (TPSA) is 29.3 Å². The number of nitrogens with zero attached hydrogens (tertiary/aromatic N) is 2. The highest BCUT2D eigenvalue weighted by molar-refractivity contribution is 6.15. The molecule has 1 N–H and O–H groups in total. The average molecular weight is 576 g/mol. The van der Waals surface area contributed by atoms with E-state index in [1.54, 1.807) is 0 Å². The zero-order valence-electron chi connectivity index (χ0n) is 24.6. The normalized spacial score (nSPS) is 14.9. The zero-order chi connectivity index (χ0) is 29.7. The molecule has 0 saturated carbocycles. The number of aliphatic imine (C=N–C) groups is 1. The molecule has 1 atom stereocenters. The lowest BCUT2D eigenvalue weighted by molar-refractivity contribution is 0.665. The molecule has 0 amide bonds. The summed E-state index contributed by atoms with van der Waals surface area (Å²) in [6.45, 7) is 0. The Morgan fingerprint density at radius 2 is 1.18 bits per heavy atom. The average Bonchev–Trinajstić information content (AvgIpc) is 3.43. The molecule has 1 aliphatic heterocycles. The van der Waals surface area contributed by atoms with Crippen LogP contribution in [0.15, 0.2) is 169 Å². The van der Waals surface area contributed by atoms with Gasteiger partial charge in [0.2, 0.25) is 0 Å². The van der Waals surface area contributed by atoms with Gasteiger partial charge in [-0.15, -0.1) is 0 Å². The molecule has 7 aromatic carbocycles. The first-order chi connectivity index (χ1) is 22.3. The third-order valence-corrected chi connectivity index (χ3v) is 8.97. The smallest absolute Gasteiger partial charge is 0.145 e.